The van der Waals surface area contributed by atoms with Crippen LogP contribution in [0.1, 0.15) is 92.6 Å². The van der Waals surface area contributed by atoms with Crippen LogP contribution in [-0.2, 0) is 25.9 Å². The Bertz CT molecular complexity index is 1320. The highest BCUT2D eigenvalue weighted by Crippen LogP contribution is 2.47. The summed E-state index contributed by atoms with van der Waals surface area (Å²) in [7, 11) is 0. The number of aryl methyl sites for hydroxylation is 1. The molecular formula is C32H42N6O. The number of amides is 1. The summed E-state index contributed by atoms with van der Waals surface area (Å²) in [6.45, 7) is 14.4. The van der Waals surface area contributed by atoms with Gasteiger partial charge in [0.2, 0.25) is 0 Å². The molecule has 206 valence electrons. The summed E-state index contributed by atoms with van der Waals surface area (Å²) in [5.74, 6) is 1.73. The van der Waals surface area contributed by atoms with Gasteiger partial charge in [0.15, 0.2) is 5.82 Å². The topological polar surface area (TPSA) is 75.9 Å². The molecule has 0 bridgehead atoms. The Morgan fingerprint density at radius 3 is 2.74 bits per heavy atom. The van der Waals surface area contributed by atoms with Crippen LogP contribution < -0.4 is 5.32 Å². The molecule has 5 rings (SSSR count). The molecule has 1 amide bonds. The van der Waals surface area contributed by atoms with Gasteiger partial charge in [-0.25, -0.2) is 0 Å². The van der Waals surface area contributed by atoms with Gasteiger partial charge in [-0.2, -0.15) is 0 Å². The lowest BCUT2D eigenvalue weighted by Gasteiger charge is -2.36. The van der Waals surface area contributed by atoms with E-state index in [0.29, 0.717) is 16.8 Å². The lowest BCUT2D eigenvalue weighted by Crippen LogP contribution is -2.36. The highest BCUT2D eigenvalue weighted by molar-refractivity contribution is 5.93. The Morgan fingerprint density at radius 1 is 1.15 bits per heavy atom. The third kappa shape index (κ3) is 5.83. The molecule has 0 saturated heterocycles. The molecule has 7 heteroatoms. The fraction of sp³-hybridized carbons (Fsp3) is 0.500. The van der Waals surface area contributed by atoms with Crippen LogP contribution in [0.4, 0.5) is 0 Å². The van der Waals surface area contributed by atoms with Gasteiger partial charge in [0.25, 0.3) is 5.91 Å². The lowest BCUT2D eigenvalue weighted by molar-refractivity contribution is 0.0962. The molecule has 0 spiro atoms. The molecule has 1 N–H and O–H groups in total. The van der Waals surface area contributed by atoms with Gasteiger partial charge in [-0.1, -0.05) is 50.1 Å². The number of allylic oxidation sites excluding steroid dienone is 5. The summed E-state index contributed by atoms with van der Waals surface area (Å²) in [5, 5.41) is 11.5. The highest BCUT2D eigenvalue weighted by atomic mass is 16.1. The number of fused-ring (bicyclic) bond motifs is 2. The molecule has 1 aliphatic carbocycles. The van der Waals surface area contributed by atoms with E-state index in [4.69, 9.17) is 0 Å². The number of pyridine rings is 1. The minimum Gasteiger partial charge on any atom is -0.321 e. The largest absolute Gasteiger partial charge is 0.321 e. The summed E-state index contributed by atoms with van der Waals surface area (Å²) in [6, 6.07) is 1.96. The Labute approximate surface area is 232 Å². The first-order valence-electron chi connectivity index (χ1n) is 14.6. The van der Waals surface area contributed by atoms with Crippen molar-refractivity contribution < 1.29 is 4.79 Å². The quantitative estimate of drug-likeness (QED) is 0.330. The van der Waals surface area contributed by atoms with Crippen molar-refractivity contribution in [3.8, 4) is 0 Å². The van der Waals surface area contributed by atoms with Crippen molar-refractivity contribution in [2.45, 2.75) is 85.2 Å². The van der Waals surface area contributed by atoms with E-state index in [0.717, 1.165) is 62.7 Å². The summed E-state index contributed by atoms with van der Waals surface area (Å²) < 4.78 is 2.18. The monoisotopic (exact) mass is 526 g/mol. The molecule has 2 aliphatic heterocycles. The van der Waals surface area contributed by atoms with Gasteiger partial charge >= 0.3 is 0 Å². The second-order valence-corrected chi connectivity index (χ2v) is 11.3. The maximum Gasteiger partial charge on any atom is 0.274 e. The van der Waals surface area contributed by atoms with E-state index in [9.17, 15) is 4.79 Å². The van der Waals surface area contributed by atoms with Gasteiger partial charge in [-0.05, 0) is 80.2 Å². The maximum atomic E-state index is 13.0. The van der Waals surface area contributed by atoms with Crippen molar-refractivity contribution in [1.29, 1.82) is 0 Å². The van der Waals surface area contributed by atoms with Crippen LogP contribution in [0, 0.1) is 5.41 Å². The molecule has 0 unspecified atom stereocenters. The van der Waals surface area contributed by atoms with Crippen LogP contribution in [-0.4, -0.2) is 43.6 Å². The lowest BCUT2D eigenvalue weighted by atomic mass is 9.75. The first kappa shape index (κ1) is 27.3. The molecule has 1 saturated carbocycles. The van der Waals surface area contributed by atoms with Crippen molar-refractivity contribution in [3.63, 3.8) is 0 Å². The fourth-order valence-electron chi connectivity index (χ4n) is 6.59. The van der Waals surface area contributed by atoms with E-state index >= 15 is 0 Å². The Kier molecular flexibility index (Phi) is 8.26. The van der Waals surface area contributed by atoms with E-state index in [1.165, 1.54) is 43.2 Å². The van der Waals surface area contributed by atoms with E-state index in [2.05, 4.69) is 56.5 Å². The number of rotatable bonds is 9. The van der Waals surface area contributed by atoms with Crippen LogP contribution in [0.25, 0.3) is 5.57 Å². The number of nitrogens with zero attached hydrogens (tertiary/aromatic N) is 5. The van der Waals surface area contributed by atoms with E-state index < -0.39 is 0 Å². The first-order chi connectivity index (χ1) is 18.9. The molecule has 0 atom stereocenters. The molecule has 7 nitrogen and oxygen atoms in total. The van der Waals surface area contributed by atoms with Gasteiger partial charge in [-0.15, -0.1) is 10.2 Å². The normalized spacial score (nSPS) is 19.4. The number of nitrogens with one attached hydrogen (secondary N) is 1. The van der Waals surface area contributed by atoms with E-state index in [-0.39, 0.29) is 5.91 Å². The highest BCUT2D eigenvalue weighted by Gasteiger charge is 2.36. The molecule has 1 fully saturated rings. The number of carbonyl (C=O) groups excluding carboxylic acids is 1. The molecule has 0 aromatic carbocycles. The van der Waals surface area contributed by atoms with Crippen molar-refractivity contribution in [2.24, 2.45) is 5.41 Å². The number of aromatic nitrogens is 4. The number of hydrogen-bond donors (Lipinski definition) is 1. The minimum absolute atomic E-state index is 0.231. The Balaban J connectivity index is 1.19. The summed E-state index contributed by atoms with van der Waals surface area (Å²) >= 11 is 0. The van der Waals surface area contributed by atoms with Crippen LogP contribution in [0.5, 0.6) is 0 Å². The second kappa shape index (κ2) is 11.8. The summed E-state index contributed by atoms with van der Waals surface area (Å²) in [6.07, 6.45) is 19.5. The van der Waals surface area contributed by atoms with Crippen LogP contribution in [0.3, 0.4) is 0 Å². The van der Waals surface area contributed by atoms with Crippen LogP contribution in [0.15, 0.2) is 54.4 Å². The van der Waals surface area contributed by atoms with E-state index in [1.54, 1.807) is 11.6 Å². The van der Waals surface area contributed by atoms with Gasteiger partial charge in [0.05, 0.1) is 0 Å². The smallest absolute Gasteiger partial charge is 0.274 e. The standard InChI is InChI=1S/C32H42N6O/c1-5-27(32(6-2)15-7-8-16-32)22-37-18-14-25-20-33-28(19-26(25)21-37)31(39)34-24(4)12-9-11-23(3)30-36-35-29-13-10-17-38(29)30/h5,9,11-12,19-20H,4,6-8,10,13-18,21-22H2,1-3H3,(H,34,39)/b12-9-,23-11+,27-5+. The zero-order valence-electron chi connectivity index (χ0n) is 23.8. The van der Waals surface area contributed by atoms with Gasteiger partial charge < -0.3 is 9.88 Å². The predicted molar refractivity (Wildman–Crippen MR) is 156 cm³/mol. The molecule has 3 aliphatic rings. The van der Waals surface area contributed by atoms with E-state index in [1.807, 2.05) is 31.3 Å². The van der Waals surface area contributed by atoms with Crippen molar-refractivity contribution in [2.75, 3.05) is 13.1 Å². The Morgan fingerprint density at radius 2 is 1.97 bits per heavy atom. The number of carbonyl (C=O) groups is 1. The molecule has 0 radical (unpaired) electrons. The van der Waals surface area contributed by atoms with Crippen molar-refractivity contribution in [1.82, 2.24) is 30.0 Å². The molecular weight excluding hydrogens is 484 g/mol. The van der Waals surface area contributed by atoms with Crippen LogP contribution in [0.2, 0.25) is 0 Å². The zero-order valence-corrected chi connectivity index (χ0v) is 23.8. The SMILES string of the molecule is C=C(/C=C\C=C(/C)c1nnc2n1CCC2)NC(=O)c1cc2c(cn1)CCN(C/C(=C\C)C1(CC)CCCC1)C2. The van der Waals surface area contributed by atoms with Gasteiger partial charge in [0.1, 0.15) is 11.5 Å². The molecule has 2 aromatic heterocycles. The second-order valence-electron chi connectivity index (χ2n) is 11.3. The molecule has 2 aromatic rings. The van der Waals surface area contributed by atoms with Crippen molar-refractivity contribution in [3.05, 3.63) is 82.9 Å². The third-order valence-corrected chi connectivity index (χ3v) is 8.95. The third-order valence-electron chi connectivity index (χ3n) is 8.95. The maximum absolute atomic E-state index is 13.0. The first-order valence-corrected chi connectivity index (χ1v) is 14.6. The fourth-order valence-corrected chi connectivity index (χ4v) is 6.59. The minimum atomic E-state index is -0.231. The summed E-state index contributed by atoms with van der Waals surface area (Å²) in [4.78, 5) is 20.0. The average Bonchev–Trinajstić information content (AvgIpc) is 3.69. The Hall–Kier alpha value is -3.32. The molecule has 39 heavy (non-hydrogen) atoms. The summed E-state index contributed by atoms with van der Waals surface area (Å²) in [5.41, 5.74) is 6.42. The average molecular weight is 527 g/mol. The number of hydrogen-bond acceptors (Lipinski definition) is 5. The van der Waals surface area contributed by atoms with Crippen LogP contribution >= 0.6 is 0 Å². The van der Waals surface area contributed by atoms with Gasteiger partial charge in [-0.3, -0.25) is 14.7 Å². The zero-order chi connectivity index (χ0) is 27.4. The van der Waals surface area contributed by atoms with Crippen molar-refractivity contribution >= 4 is 11.5 Å². The predicted octanol–water partition coefficient (Wildman–Crippen LogP) is 5.80. The molecule has 4 heterocycles. The van der Waals surface area contributed by atoms with Gasteiger partial charge in [0, 0.05) is 44.5 Å².